The molecule has 0 heterocycles. The Hall–Kier alpha value is 0.771. The molecule has 8 heteroatoms. The number of carbonyl (C=O) groups is 1. The molecule has 0 spiro atoms. The third-order valence-electron chi connectivity index (χ3n) is 8.85. The van der Waals surface area contributed by atoms with Crippen LogP contribution in [-0.4, -0.2) is 54.7 Å². The molecule has 0 saturated heterocycles. The Morgan fingerprint density at radius 2 is 0.913 bits per heavy atom. The van der Waals surface area contributed by atoms with Gasteiger partial charge in [-0.05, 0) is 0 Å². The molecule has 0 unspecified atom stereocenters. The maximum Gasteiger partial charge on any atom is 0.300 e. The number of hydrogen-bond donors (Lipinski definition) is 1. The number of aliphatic carboxylic acids is 1. The standard InChI is InChI=1S/C15H42O2Si6/c1-18(2,3)20(6,7)22(10,11)23(12,13)21(8,9)19(4,5)14-15(16)17/h14H2,1-13H3,(H,16,17). The lowest BCUT2D eigenvalue weighted by Gasteiger charge is -2.61. The molecule has 0 aromatic heterocycles. The van der Waals surface area contributed by atoms with Gasteiger partial charge < -0.3 is 5.11 Å². The lowest BCUT2D eigenvalue weighted by atomic mass is 10.8. The highest BCUT2D eigenvalue weighted by Gasteiger charge is 2.65. The van der Waals surface area contributed by atoms with E-state index in [1.54, 1.807) is 0 Å². The van der Waals surface area contributed by atoms with Gasteiger partial charge in [0.15, 0.2) is 0 Å². The van der Waals surface area contributed by atoms with Crippen LogP contribution in [0.4, 0.5) is 0 Å². The second kappa shape index (κ2) is 6.49. The van der Waals surface area contributed by atoms with Crippen LogP contribution in [0.25, 0.3) is 0 Å². The van der Waals surface area contributed by atoms with E-state index in [1.807, 2.05) is 0 Å². The topological polar surface area (TPSA) is 37.3 Å². The molecule has 2 nitrogen and oxygen atoms in total. The van der Waals surface area contributed by atoms with Crippen LogP contribution in [0.2, 0.25) is 91.2 Å². The first-order chi connectivity index (χ1) is 9.67. The molecule has 0 aromatic rings. The summed E-state index contributed by atoms with van der Waals surface area (Å²) in [4.78, 5) is 11.5. The summed E-state index contributed by atoms with van der Waals surface area (Å²) in [5, 5.41) is 9.47. The van der Waals surface area contributed by atoms with Crippen molar-refractivity contribution in [2.45, 2.75) is 91.2 Å². The lowest BCUT2D eigenvalue weighted by molar-refractivity contribution is -0.134. The van der Waals surface area contributed by atoms with Crippen molar-refractivity contribution in [3.63, 3.8) is 0 Å². The van der Waals surface area contributed by atoms with Crippen molar-refractivity contribution in [3.8, 4) is 0 Å². The summed E-state index contributed by atoms with van der Waals surface area (Å²) in [7, 11) is -8.40. The largest absolute Gasteiger partial charge is 0.481 e. The second-order valence-corrected chi connectivity index (χ2v) is 77.4. The average molecular weight is 423 g/mol. The van der Waals surface area contributed by atoms with Crippen LogP contribution < -0.4 is 0 Å². The fourth-order valence-electron chi connectivity index (χ4n) is 3.95. The van der Waals surface area contributed by atoms with E-state index in [1.165, 1.54) is 0 Å². The van der Waals surface area contributed by atoms with Gasteiger partial charge in [-0.15, -0.1) is 0 Å². The molecule has 0 rings (SSSR count). The Bertz CT molecular complexity index is 461. The normalized spacial score (nSPS) is 15.7. The van der Waals surface area contributed by atoms with Crippen LogP contribution in [-0.2, 0) is 4.79 Å². The van der Waals surface area contributed by atoms with Gasteiger partial charge in [0.25, 0.3) is 5.97 Å². The molecular formula is C15H42O2Si6. The van der Waals surface area contributed by atoms with Gasteiger partial charge in [0.2, 0.25) is 0 Å². The summed E-state index contributed by atoms with van der Waals surface area (Å²) in [6.07, 6.45) is 0. The van der Waals surface area contributed by atoms with Crippen molar-refractivity contribution in [2.75, 3.05) is 0 Å². The molecule has 138 valence electrons. The zero-order chi connectivity index (χ0) is 19.3. The predicted octanol–water partition coefficient (Wildman–Crippen LogP) is 5.34. The van der Waals surface area contributed by atoms with Gasteiger partial charge in [-0.3, -0.25) is 4.79 Å². The Morgan fingerprint density at radius 3 is 1.17 bits per heavy atom. The predicted molar refractivity (Wildman–Crippen MR) is 123 cm³/mol. The lowest BCUT2D eigenvalue weighted by Crippen LogP contribution is -2.87. The summed E-state index contributed by atoms with van der Waals surface area (Å²) in [6.45, 7) is 33.9. The van der Waals surface area contributed by atoms with Gasteiger partial charge in [0.05, 0.1) is 7.59 Å². The smallest absolute Gasteiger partial charge is 0.300 e. The number of carboxylic acids is 1. The van der Waals surface area contributed by atoms with Crippen molar-refractivity contribution in [2.24, 2.45) is 0 Å². The van der Waals surface area contributed by atoms with Gasteiger partial charge in [0, 0.05) is 42.1 Å². The third kappa shape index (κ3) is 3.81. The molecule has 0 bridgehead atoms. The monoisotopic (exact) mass is 422 g/mol. The van der Waals surface area contributed by atoms with Crippen molar-refractivity contribution in [1.82, 2.24) is 0 Å². The van der Waals surface area contributed by atoms with Crippen LogP contribution in [0.15, 0.2) is 0 Å². The van der Waals surface area contributed by atoms with Crippen LogP contribution in [0, 0.1) is 0 Å². The molecule has 0 aliphatic rings. The van der Waals surface area contributed by atoms with E-state index >= 15 is 0 Å². The van der Waals surface area contributed by atoms with Crippen molar-refractivity contribution in [1.29, 1.82) is 0 Å². The van der Waals surface area contributed by atoms with Crippen LogP contribution in [0.5, 0.6) is 0 Å². The van der Waals surface area contributed by atoms with Gasteiger partial charge >= 0.3 is 0 Å². The first-order valence-electron chi connectivity index (χ1n) is 8.88. The third-order valence-corrected chi connectivity index (χ3v) is 130. The molecule has 0 fully saturated rings. The van der Waals surface area contributed by atoms with Crippen molar-refractivity contribution >= 4 is 49.6 Å². The Kier molecular flexibility index (Phi) is 6.71. The Balaban J connectivity index is 6.19. The molecule has 23 heavy (non-hydrogen) atoms. The summed E-state index contributed by atoms with van der Waals surface area (Å²) >= 11 is 0. The molecular weight excluding hydrogens is 381 g/mol. The minimum atomic E-state index is -1.70. The van der Waals surface area contributed by atoms with E-state index < -0.39 is 49.6 Å². The first-order valence-corrected chi connectivity index (χ1v) is 32.6. The summed E-state index contributed by atoms with van der Waals surface area (Å²) < 4.78 is 0. The molecule has 0 atom stereocenters. The summed E-state index contributed by atoms with van der Waals surface area (Å²) in [5.74, 6) is -0.562. The van der Waals surface area contributed by atoms with Crippen molar-refractivity contribution < 1.29 is 9.90 Å². The van der Waals surface area contributed by atoms with Crippen molar-refractivity contribution in [3.05, 3.63) is 0 Å². The molecule has 0 aliphatic carbocycles. The zero-order valence-electron chi connectivity index (χ0n) is 18.1. The van der Waals surface area contributed by atoms with Gasteiger partial charge in [-0.2, -0.15) is 0 Å². The molecule has 0 aliphatic heterocycles. The number of hydrogen-bond acceptors (Lipinski definition) is 1. The van der Waals surface area contributed by atoms with Gasteiger partial charge in [-0.25, -0.2) is 0 Å². The maximum absolute atomic E-state index is 11.5. The maximum atomic E-state index is 11.5. The minimum absolute atomic E-state index is 0.474. The molecule has 0 amide bonds. The molecule has 0 aromatic carbocycles. The van der Waals surface area contributed by atoms with E-state index in [0.29, 0.717) is 6.04 Å². The molecule has 1 N–H and O–H groups in total. The summed E-state index contributed by atoms with van der Waals surface area (Å²) in [5.41, 5.74) is 0. The van der Waals surface area contributed by atoms with Crippen LogP contribution in [0.3, 0.4) is 0 Å². The van der Waals surface area contributed by atoms with Gasteiger partial charge in [0.1, 0.15) is 0 Å². The second-order valence-electron chi connectivity index (χ2n) is 11.2. The highest BCUT2D eigenvalue weighted by atomic mass is 30.0. The fourth-order valence-corrected chi connectivity index (χ4v) is 154. The van der Waals surface area contributed by atoms with Crippen LogP contribution in [0.1, 0.15) is 0 Å². The fraction of sp³-hybridized carbons (Fsp3) is 0.933. The molecule has 0 saturated carbocycles. The van der Waals surface area contributed by atoms with E-state index in [4.69, 9.17) is 0 Å². The Morgan fingerprint density at radius 1 is 0.609 bits per heavy atom. The Labute approximate surface area is 150 Å². The van der Waals surface area contributed by atoms with E-state index in [2.05, 4.69) is 85.1 Å². The highest BCUT2D eigenvalue weighted by molar-refractivity contribution is 7.97. The van der Waals surface area contributed by atoms with E-state index in [9.17, 15) is 9.90 Å². The first kappa shape index (κ1) is 23.8. The molecule has 0 radical (unpaired) electrons. The van der Waals surface area contributed by atoms with E-state index in [0.717, 1.165) is 0 Å². The van der Waals surface area contributed by atoms with Crippen LogP contribution >= 0.6 is 0 Å². The average Bonchev–Trinajstić information content (AvgIpc) is 2.24. The van der Waals surface area contributed by atoms with Gasteiger partial charge in [-0.1, -0.05) is 85.1 Å². The SMILES string of the molecule is C[Si](C)(C)[Si](C)(C)[Si](C)(C)[Si](C)(C)[Si](C)(C)[Si](C)(C)CC(=O)O. The number of rotatable bonds is 7. The number of carboxylic acid groups (broad SMARTS) is 1. The quantitative estimate of drug-likeness (QED) is 0.562. The minimum Gasteiger partial charge on any atom is -0.481 e. The van der Waals surface area contributed by atoms with E-state index in [-0.39, 0.29) is 0 Å². The summed E-state index contributed by atoms with van der Waals surface area (Å²) in [6, 6.07) is 0.474. The highest BCUT2D eigenvalue weighted by Crippen LogP contribution is 2.42. The zero-order valence-corrected chi connectivity index (χ0v) is 24.1.